The topological polar surface area (TPSA) is 45.2 Å². The van der Waals surface area contributed by atoms with Gasteiger partial charge in [0, 0.05) is 45.4 Å². The predicted molar refractivity (Wildman–Crippen MR) is 112 cm³/mol. The highest BCUT2D eigenvalue weighted by Crippen LogP contribution is 2.29. The predicted octanol–water partition coefficient (Wildman–Crippen LogP) is 3.16. The molecule has 1 heterocycles. The first-order valence-corrected chi connectivity index (χ1v) is 10.1. The van der Waals surface area contributed by atoms with Crippen molar-refractivity contribution >= 4 is 0 Å². The molecule has 5 heteroatoms. The lowest BCUT2D eigenvalue weighted by atomic mass is 10.1. The van der Waals surface area contributed by atoms with Crippen molar-refractivity contribution in [2.75, 3.05) is 40.0 Å². The van der Waals surface area contributed by atoms with Gasteiger partial charge in [0.1, 0.15) is 0 Å². The zero-order valence-corrected chi connectivity index (χ0v) is 17.0. The Morgan fingerprint density at radius 1 is 1.00 bits per heavy atom. The largest absolute Gasteiger partial charge is 0.493 e. The summed E-state index contributed by atoms with van der Waals surface area (Å²) in [6, 6.07) is 17.1. The zero-order chi connectivity index (χ0) is 19.8. The quantitative estimate of drug-likeness (QED) is 0.720. The third kappa shape index (κ3) is 5.47. The van der Waals surface area contributed by atoms with E-state index in [9.17, 15) is 5.11 Å². The molecule has 0 aromatic heterocycles. The van der Waals surface area contributed by atoms with Crippen LogP contribution in [0.4, 0.5) is 0 Å². The van der Waals surface area contributed by atoms with Crippen LogP contribution in [0.25, 0.3) is 0 Å². The monoisotopic (exact) mass is 384 g/mol. The third-order valence-electron chi connectivity index (χ3n) is 5.31. The first-order chi connectivity index (χ1) is 13.7. The van der Waals surface area contributed by atoms with Crippen molar-refractivity contribution in [2.24, 2.45) is 0 Å². The Labute approximate surface area is 168 Å². The molecule has 1 saturated heterocycles. The van der Waals surface area contributed by atoms with Gasteiger partial charge in [-0.3, -0.25) is 9.80 Å². The molecular weight excluding hydrogens is 352 g/mol. The lowest BCUT2D eigenvalue weighted by Crippen LogP contribution is -2.52. The van der Waals surface area contributed by atoms with Crippen LogP contribution >= 0.6 is 0 Å². The average molecular weight is 385 g/mol. The van der Waals surface area contributed by atoms with Crippen molar-refractivity contribution in [3.8, 4) is 11.5 Å². The van der Waals surface area contributed by atoms with Crippen molar-refractivity contribution in [1.29, 1.82) is 0 Å². The zero-order valence-electron chi connectivity index (χ0n) is 17.0. The Kier molecular flexibility index (Phi) is 7.71. The second kappa shape index (κ2) is 10.5. The number of benzene rings is 2. The minimum Gasteiger partial charge on any atom is -0.493 e. The Hall–Kier alpha value is -2.08. The average Bonchev–Trinajstić information content (AvgIpc) is 2.71. The number of rotatable bonds is 9. The van der Waals surface area contributed by atoms with Crippen molar-refractivity contribution in [3.63, 3.8) is 0 Å². The minimum absolute atomic E-state index is 0.223. The van der Waals surface area contributed by atoms with Crippen LogP contribution in [0.15, 0.2) is 48.5 Å². The molecule has 1 aliphatic heterocycles. The number of ether oxygens (including phenoxy) is 2. The van der Waals surface area contributed by atoms with Gasteiger partial charge in [-0.05, 0) is 36.6 Å². The van der Waals surface area contributed by atoms with Crippen LogP contribution in [-0.2, 0) is 13.1 Å². The molecular formula is C23H32N2O3. The molecule has 2 aromatic carbocycles. The number of hydrogen-bond donors (Lipinski definition) is 1. The van der Waals surface area contributed by atoms with Gasteiger partial charge in [-0.1, -0.05) is 36.4 Å². The van der Waals surface area contributed by atoms with E-state index < -0.39 is 0 Å². The molecule has 0 aliphatic carbocycles. The molecule has 5 nitrogen and oxygen atoms in total. The second-order valence-corrected chi connectivity index (χ2v) is 7.28. The second-order valence-electron chi connectivity index (χ2n) is 7.28. The standard InChI is InChI=1S/C23H32N2O3/c1-3-28-23-15-20(9-10-22(23)27-2)16-24-12-13-25(21(18-24)11-14-26)17-19-7-5-4-6-8-19/h4-10,15,21,26H,3,11-14,16-18H2,1-2H3/t21-/m0/s1. The number of piperazine rings is 1. The fourth-order valence-corrected chi connectivity index (χ4v) is 3.90. The highest BCUT2D eigenvalue weighted by Gasteiger charge is 2.26. The summed E-state index contributed by atoms with van der Waals surface area (Å²) in [7, 11) is 1.67. The Balaban J connectivity index is 1.64. The molecule has 2 aromatic rings. The van der Waals surface area contributed by atoms with Crippen LogP contribution in [-0.4, -0.2) is 60.9 Å². The van der Waals surface area contributed by atoms with Crippen LogP contribution in [0.1, 0.15) is 24.5 Å². The SMILES string of the molecule is CCOc1cc(CN2CCN(Cc3ccccc3)[C@@H](CCO)C2)ccc1OC. The van der Waals surface area contributed by atoms with E-state index in [1.54, 1.807) is 7.11 Å². The van der Waals surface area contributed by atoms with Crippen LogP contribution < -0.4 is 9.47 Å². The van der Waals surface area contributed by atoms with E-state index in [0.717, 1.165) is 50.6 Å². The summed E-state index contributed by atoms with van der Waals surface area (Å²) in [5.41, 5.74) is 2.55. The normalized spacial score (nSPS) is 18.2. The Morgan fingerprint density at radius 3 is 2.54 bits per heavy atom. The number of hydrogen-bond acceptors (Lipinski definition) is 5. The number of methoxy groups -OCH3 is 1. The Bertz CT molecular complexity index is 723. The first-order valence-electron chi connectivity index (χ1n) is 10.1. The number of aliphatic hydroxyl groups excluding tert-OH is 1. The molecule has 28 heavy (non-hydrogen) atoms. The van der Waals surface area contributed by atoms with Crippen LogP contribution in [0.2, 0.25) is 0 Å². The van der Waals surface area contributed by atoms with Crippen LogP contribution in [0.3, 0.4) is 0 Å². The van der Waals surface area contributed by atoms with Crippen molar-refractivity contribution in [3.05, 3.63) is 59.7 Å². The maximum Gasteiger partial charge on any atom is 0.161 e. The van der Waals surface area contributed by atoms with E-state index in [-0.39, 0.29) is 6.61 Å². The van der Waals surface area contributed by atoms with Gasteiger partial charge in [-0.15, -0.1) is 0 Å². The van der Waals surface area contributed by atoms with E-state index >= 15 is 0 Å². The molecule has 1 aliphatic rings. The van der Waals surface area contributed by atoms with E-state index in [0.29, 0.717) is 12.6 Å². The van der Waals surface area contributed by atoms with Gasteiger partial charge in [-0.25, -0.2) is 0 Å². The molecule has 0 radical (unpaired) electrons. The van der Waals surface area contributed by atoms with Gasteiger partial charge >= 0.3 is 0 Å². The van der Waals surface area contributed by atoms with E-state index in [2.05, 4.69) is 52.3 Å². The molecule has 1 N–H and O–H groups in total. The summed E-state index contributed by atoms with van der Waals surface area (Å²) in [4.78, 5) is 4.97. The molecule has 1 fully saturated rings. The summed E-state index contributed by atoms with van der Waals surface area (Å²) >= 11 is 0. The van der Waals surface area contributed by atoms with Gasteiger partial charge in [0.05, 0.1) is 13.7 Å². The molecule has 152 valence electrons. The fourth-order valence-electron chi connectivity index (χ4n) is 3.90. The smallest absolute Gasteiger partial charge is 0.161 e. The lowest BCUT2D eigenvalue weighted by Gasteiger charge is -2.41. The summed E-state index contributed by atoms with van der Waals surface area (Å²) in [6.07, 6.45) is 0.802. The molecule has 0 bridgehead atoms. The Morgan fingerprint density at radius 2 is 1.82 bits per heavy atom. The summed E-state index contributed by atoms with van der Waals surface area (Å²) < 4.78 is 11.1. The van der Waals surface area contributed by atoms with E-state index in [4.69, 9.17) is 9.47 Å². The van der Waals surface area contributed by atoms with Crippen LogP contribution in [0.5, 0.6) is 11.5 Å². The molecule has 0 amide bonds. The highest BCUT2D eigenvalue weighted by molar-refractivity contribution is 5.43. The van der Waals surface area contributed by atoms with Gasteiger partial charge in [-0.2, -0.15) is 0 Å². The van der Waals surface area contributed by atoms with Gasteiger partial charge < -0.3 is 14.6 Å². The molecule has 0 spiro atoms. The summed E-state index contributed by atoms with van der Waals surface area (Å²) in [5.74, 6) is 1.58. The number of aliphatic hydroxyl groups is 1. The van der Waals surface area contributed by atoms with Crippen molar-refractivity contribution in [2.45, 2.75) is 32.5 Å². The number of nitrogens with zero attached hydrogens (tertiary/aromatic N) is 2. The van der Waals surface area contributed by atoms with Crippen molar-refractivity contribution in [1.82, 2.24) is 9.80 Å². The first kappa shape index (κ1) is 20.6. The van der Waals surface area contributed by atoms with E-state index in [1.165, 1.54) is 11.1 Å². The minimum atomic E-state index is 0.223. The van der Waals surface area contributed by atoms with E-state index in [1.807, 2.05) is 13.0 Å². The summed E-state index contributed by atoms with van der Waals surface area (Å²) in [5, 5.41) is 9.56. The highest BCUT2D eigenvalue weighted by atomic mass is 16.5. The maximum atomic E-state index is 9.56. The molecule has 0 unspecified atom stereocenters. The molecule has 1 atom stereocenters. The van der Waals surface area contributed by atoms with Gasteiger partial charge in [0.25, 0.3) is 0 Å². The maximum absolute atomic E-state index is 9.56. The molecule has 0 saturated carbocycles. The lowest BCUT2D eigenvalue weighted by molar-refractivity contribution is 0.0499. The van der Waals surface area contributed by atoms with Gasteiger partial charge in [0.2, 0.25) is 0 Å². The van der Waals surface area contributed by atoms with Gasteiger partial charge in [0.15, 0.2) is 11.5 Å². The third-order valence-corrected chi connectivity index (χ3v) is 5.31. The van der Waals surface area contributed by atoms with Crippen molar-refractivity contribution < 1.29 is 14.6 Å². The fraction of sp³-hybridized carbons (Fsp3) is 0.478. The summed E-state index contributed by atoms with van der Waals surface area (Å²) in [6.45, 7) is 7.64. The molecule has 3 rings (SSSR count). The van der Waals surface area contributed by atoms with Crippen LogP contribution in [0, 0.1) is 0 Å².